The van der Waals surface area contributed by atoms with Crippen molar-refractivity contribution < 1.29 is 9.84 Å². The number of ether oxygens (including phenoxy) is 1. The molecule has 0 bridgehead atoms. The van der Waals surface area contributed by atoms with E-state index in [1.807, 2.05) is 24.3 Å². The molecule has 12 heavy (non-hydrogen) atoms. The van der Waals surface area contributed by atoms with Crippen molar-refractivity contribution in [1.29, 1.82) is 0 Å². The van der Waals surface area contributed by atoms with Crippen molar-refractivity contribution in [3.05, 3.63) is 24.3 Å². The summed E-state index contributed by atoms with van der Waals surface area (Å²) < 4.78 is 5.39. The van der Waals surface area contributed by atoms with E-state index >= 15 is 0 Å². The number of para-hydroxylation sites is 1. The fraction of sp³-hybridized carbons (Fsp3) is 0.333. The third-order valence-electron chi connectivity index (χ3n) is 1.71. The van der Waals surface area contributed by atoms with E-state index in [1.165, 1.54) is 0 Å². The SMILES string of the molecule is OC1COc2ccccc2SC1. The normalized spacial score (nSPS) is 22.2. The Hall–Kier alpha value is -0.670. The second kappa shape index (κ2) is 3.37. The molecular weight excluding hydrogens is 172 g/mol. The van der Waals surface area contributed by atoms with Gasteiger partial charge in [0.1, 0.15) is 12.4 Å². The Bertz CT molecular complexity index is 248. The average Bonchev–Trinajstić information content (AvgIpc) is 2.29. The maximum Gasteiger partial charge on any atom is 0.132 e. The van der Waals surface area contributed by atoms with E-state index in [1.54, 1.807) is 11.8 Å². The smallest absolute Gasteiger partial charge is 0.132 e. The van der Waals surface area contributed by atoms with Gasteiger partial charge in [-0.2, -0.15) is 0 Å². The van der Waals surface area contributed by atoms with E-state index in [2.05, 4.69) is 0 Å². The van der Waals surface area contributed by atoms with Gasteiger partial charge >= 0.3 is 0 Å². The first-order valence-electron chi connectivity index (χ1n) is 3.89. The van der Waals surface area contributed by atoms with Crippen LogP contribution in [-0.4, -0.2) is 23.6 Å². The maximum absolute atomic E-state index is 9.32. The molecular formula is C9H10O2S. The molecule has 0 radical (unpaired) electrons. The zero-order valence-corrected chi connectivity index (χ0v) is 7.38. The Kier molecular flexibility index (Phi) is 2.23. The summed E-state index contributed by atoms with van der Waals surface area (Å²) in [4.78, 5) is 1.12. The molecule has 1 aromatic rings. The van der Waals surface area contributed by atoms with Crippen molar-refractivity contribution in [1.82, 2.24) is 0 Å². The summed E-state index contributed by atoms with van der Waals surface area (Å²) in [6, 6.07) is 7.86. The van der Waals surface area contributed by atoms with Gasteiger partial charge in [-0.3, -0.25) is 0 Å². The predicted molar refractivity (Wildman–Crippen MR) is 48.7 cm³/mol. The highest BCUT2D eigenvalue weighted by atomic mass is 32.2. The van der Waals surface area contributed by atoms with Gasteiger partial charge in [0.2, 0.25) is 0 Å². The van der Waals surface area contributed by atoms with Crippen molar-refractivity contribution in [2.24, 2.45) is 0 Å². The fourth-order valence-corrected chi connectivity index (χ4v) is 2.02. The number of hydrogen-bond donors (Lipinski definition) is 1. The molecule has 1 aliphatic rings. The predicted octanol–water partition coefficient (Wildman–Crippen LogP) is 1.53. The molecule has 64 valence electrons. The van der Waals surface area contributed by atoms with Gasteiger partial charge in [-0.05, 0) is 12.1 Å². The molecule has 0 spiro atoms. The van der Waals surface area contributed by atoms with Crippen LogP contribution in [0.2, 0.25) is 0 Å². The lowest BCUT2D eigenvalue weighted by atomic mass is 10.3. The molecule has 0 amide bonds. The molecule has 2 rings (SSSR count). The molecule has 1 N–H and O–H groups in total. The summed E-state index contributed by atoms with van der Waals surface area (Å²) in [5.74, 6) is 1.61. The van der Waals surface area contributed by atoms with Crippen LogP contribution in [0.1, 0.15) is 0 Å². The third-order valence-corrected chi connectivity index (χ3v) is 2.91. The van der Waals surface area contributed by atoms with Crippen LogP contribution in [0.4, 0.5) is 0 Å². The van der Waals surface area contributed by atoms with Gasteiger partial charge in [-0.1, -0.05) is 12.1 Å². The zero-order valence-electron chi connectivity index (χ0n) is 6.56. The van der Waals surface area contributed by atoms with Crippen LogP contribution in [0.25, 0.3) is 0 Å². The Morgan fingerprint density at radius 1 is 1.42 bits per heavy atom. The van der Waals surface area contributed by atoms with Gasteiger partial charge in [0.15, 0.2) is 0 Å². The van der Waals surface area contributed by atoms with Crippen LogP contribution in [0.15, 0.2) is 29.2 Å². The Balaban J connectivity index is 2.26. The minimum Gasteiger partial charge on any atom is -0.490 e. The highest BCUT2D eigenvalue weighted by Gasteiger charge is 2.14. The summed E-state index contributed by atoms with van der Waals surface area (Å²) in [5.41, 5.74) is 0. The standard InChI is InChI=1S/C9H10O2S/c10-7-5-11-8-3-1-2-4-9(8)12-6-7/h1-4,7,10H,5-6H2. The molecule has 1 heterocycles. The third kappa shape index (κ3) is 1.57. The summed E-state index contributed by atoms with van der Waals surface area (Å²) in [6.45, 7) is 0.407. The molecule has 1 aromatic carbocycles. The molecule has 0 aromatic heterocycles. The molecule has 0 aliphatic carbocycles. The van der Waals surface area contributed by atoms with Crippen molar-refractivity contribution in [3.63, 3.8) is 0 Å². The van der Waals surface area contributed by atoms with E-state index in [-0.39, 0.29) is 6.10 Å². The Labute approximate surface area is 75.6 Å². The van der Waals surface area contributed by atoms with Crippen molar-refractivity contribution in [2.45, 2.75) is 11.0 Å². The number of aliphatic hydroxyl groups excluding tert-OH is 1. The molecule has 1 atom stereocenters. The van der Waals surface area contributed by atoms with Gasteiger partial charge in [-0.25, -0.2) is 0 Å². The largest absolute Gasteiger partial charge is 0.490 e. The highest BCUT2D eigenvalue weighted by molar-refractivity contribution is 7.99. The van der Waals surface area contributed by atoms with Crippen molar-refractivity contribution in [3.8, 4) is 5.75 Å². The number of aliphatic hydroxyl groups is 1. The van der Waals surface area contributed by atoms with Crippen LogP contribution in [-0.2, 0) is 0 Å². The fourth-order valence-electron chi connectivity index (χ4n) is 1.11. The molecule has 0 saturated heterocycles. The summed E-state index contributed by atoms with van der Waals surface area (Å²) in [7, 11) is 0. The highest BCUT2D eigenvalue weighted by Crippen LogP contribution is 2.31. The van der Waals surface area contributed by atoms with Crippen molar-refractivity contribution >= 4 is 11.8 Å². The van der Waals surface area contributed by atoms with Gasteiger partial charge in [-0.15, -0.1) is 11.8 Å². The molecule has 1 unspecified atom stereocenters. The van der Waals surface area contributed by atoms with Crippen molar-refractivity contribution in [2.75, 3.05) is 12.4 Å². The van der Waals surface area contributed by atoms with Crippen LogP contribution >= 0.6 is 11.8 Å². The lowest BCUT2D eigenvalue weighted by molar-refractivity contribution is 0.127. The summed E-state index contributed by atoms with van der Waals surface area (Å²) >= 11 is 1.64. The van der Waals surface area contributed by atoms with E-state index in [0.29, 0.717) is 6.61 Å². The number of benzene rings is 1. The molecule has 0 saturated carbocycles. The lowest BCUT2D eigenvalue weighted by Crippen LogP contribution is -2.17. The first kappa shape index (κ1) is 7.95. The Morgan fingerprint density at radius 2 is 2.25 bits per heavy atom. The molecule has 0 fully saturated rings. The number of hydrogen-bond acceptors (Lipinski definition) is 3. The van der Waals surface area contributed by atoms with Gasteiger partial charge < -0.3 is 9.84 Å². The maximum atomic E-state index is 9.32. The summed E-state index contributed by atoms with van der Waals surface area (Å²) in [6.07, 6.45) is -0.345. The van der Waals surface area contributed by atoms with E-state index < -0.39 is 0 Å². The number of rotatable bonds is 0. The number of thioether (sulfide) groups is 1. The first-order chi connectivity index (χ1) is 5.86. The molecule has 1 aliphatic heterocycles. The van der Waals surface area contributed by atoms with Gasteiger partial charge in [0, 0.05) is 10.6 Å². The molecule has 3 heteroatoms. The number of fused-ring (bicyclic) bond motifs is 1. The minimum absolute atomic E-state index is 0.345. The van der Waals surface area contributed by atoms with Crippen LogP contribution in [0.3, 0.4) is 0 Å². The second-order valence-electron chi connectivity index (χ2n) is 2.72. The zero-order chi connectivity index (χ0) is 8.39. The van der Waals surface area contributed by atoms with E-state index in [9.17, 15) is 5.11 Å². The average molecular weight is 182 g/mol. The van der Waals surface area contributed by atoms with Crippen LogP contribution < -0.4 is 4.74 Å². The topological polar surface area (TPSA) is 29.5 Å². The van der Waals surface area contributed by atoms with Crippen LogP contribution in [0, 0.1) is 0 Å². The summed E-state index contributed by atoms with van der Waals surface area (Å²) in [5, 5.41) is 9.32. The van der Waals surface area contributed by atoms with E-state index in [0.717, 1.165) is 16.4 Å². The minimum atomic E-state index is -0.345. The Morgan fingerprint density at radius 3 is 3.17 bits per heavy atom. The second-order valence-corrected chi connectivity index (χ2v) is 3.78. The van der Waals surface area contributed by atoms with Gasteiger partial charge in [0.05, 0.1) is 6.10 Å². The monoisotopic (exact) mass is 182 g/mol. The van der Waals surface area contributed by atoms with E-state index in [4.69, 9.17) is 4.74 Å². The molecule has 2 nitrogen and oxygen atoms in total. The quantitative estimate of drug-likeness (QED) is 0.660. The lowest BCUT2D eigenvalue weighted by Gasteiger charge is -2.05. The first-order valence-corrected chi connectivity index (χ1v) is 4.87. The van der Waals surface area contributed by atoms with Crippen LogP contribution in [0.5, 0.6) is 5.75 Å². The van der Waals surface area contributed by atoms with Gasteiger partial charge in [0.25, 0.3) is 0 Å².